The van der Waals surface area contributed by atoms with Gasteiger partial charge in [0.1, 0.15) is 5.69 Å². The second-order valence-electron chi connectivity index (χ2n) is 4.69. The van der Waals surface area contributed by atoms with Gasteiger partial charge in [-0.15, -0.1) is 11.3 Å². The lowest BCUT2D eigenvalue weighted by Gasteiger charge is -2.03. The Bertz CT molecular complexity index is 670. The normalized spacial score (nSPS) is 10.2. The zero-order chi connectivity index (χ0) is 15.9. The van der Waals surface area contributed by atoms with Gasteiger partial charge in [0.2, 0.25) is 5.78 Å². The molecular weight excluding hydrogens is 302 g/mol. The topological polar surface area (TPSA) is 91.3 Å². The number of aryl methyl sites for hydroxylation is 1. The molecule has 1 aromatic carbocycles. The number of carboxylic acid groups (broad SMARTS) is 1. The van der Waals surface area contributed by atoms with Gasteiger partial charge >= 0.3 is 6.09 Å². The van der Waals surface area contributed by atoms with Gasteiger partial charge in [-0.3, -0.25) is 4.79 Å². The average Bonchev–Trinajstić information content (AvgIpc) is 2.95. The predicted octanol–water partition coefficient (Wildman–Crippen LogP) is 2.75. The zero-order valence-corrected chi connectivity index (χ0v) is 12.9. The number of carbonyl (C=O) groups excluding carboxylic acids is 1. The summed E-state index contributed by atoms with van der Waals surface area (Å²) in [6, 6.07) is 7.42. The molecule has 7 heteroatoms. The molecular formula is C15H17N3O3S. The quantitative estimate of drug-likeness (QED) is 0.539. The number of nitrogens with one attached hydrogen (secondary N) is 2. The summed E-state index contributed by atoms with van der Waals surface area (Å²) in [5.41, 5.74) is 2.00. The first kappa shape index (κ1) is 16.0. The molecule has 22 heavy (non-hydrogen) atoms. The van der Waals surface area contributed by atoms with E-state index in [1.165, 1.54) is 11.3 Å². The molecule has 0 bridgehead atoms. The maximum absolute atomic E-state index is 12.4. The van der Waals surface area contributed by atoms with Gasteiger partial charge in [-0.25, -0.2) is 9.78 Å². The Hall–Kier alpha value is -2.41. The van der Waals surface area contributed by atoms with Crippen LogP contribution in [0.25, 0.3) is 0 Å². The van der Waals surface area contributed by atoms with E-state index in [1.807, 2.05) is 25.1 Å². The number of aromatic nitrogens is 1. The molecule has 0 unspecified atom stereocenters. The molecule has 0 aliphatic heterocycles. The predicted molar refractivity (Wildman–Crippen MR) is 85.9 cm³/mol. The fourth-order valence-corrected chi connectivity index (χ4v) is 2.62. The number of amides is 1. The summed E-state index contributed by atoms with van der Waals surface area (Å²) in [4.78, 5) is 26.9. The molecule has 0 radical (unpaired) electrons. The van der Waals surface area contributed by atoms with Crippen LogP contribution in [0.4, 0.5) is 9.93 Å². The minimum absolute atomic E-state index is 0.0880. The van der Waals surface area contributed by atoms with E-state index < -0.39 is 6.09 Å². The lowest BCUT2D eigenvalue weighted by Crippen LogP contribution is -2.23. The summed E-state index contributed by atoms with van der Waals surface area (Å²) >= 11 is 1.36. The van der Waals surface area contributed by atoms with Crippen LogP contribution in [0.15, 0.2) is 29.6 Å². The molecule has 0 atom stereocenters. The van der Waals surface area contributed by atoms with Crippen LogP contribution < -0.4 is 10.6 Å². The summed E-state index contributed by atoms with van der Waals surface area (Å²) in [6.45, 7) is 2.86. The first-order chi connectivity index (χ1) is 10.6. The Kier molecular flexibility index (Phi) is 5.48. The van der Waals surface area contributed by atoms with Crippen molar-refractivity contribution in [3.63, 3.8) is 0 Å². The summed E-state index contributed by atoms with van der Waals surface area (Å²) in [5, 5.41) is 16.2. The highest BCUT2D eigenvalue weighted by Crippen LogP contribution is 2.19. The van der Waals surface area contributed by atoms with Crippen molar-refractivity contribution in [2.75, 3.05) is 18.4 Å². The van der Waals surface area contributed by atoms with Crippen LogP contribution in [0.5, 0.6) is 0 Å². The summed E-state index contributed by atoms with van der Waals surface area (Å²) < 4.78 is 0. The third-order valence-corrected chi connectivity index (χ3v) is 3.83. The number of benzene rings is 1. The van der Waals surface area contributed by atoms with Crippen LogP contribution in [0.2, 0.25) is 0 Å². The molecule has 0 saturated carbocycles. The van der Waals surface area contributed by atoms with Gasteiger partial charge in [-0.05, 0) is 18.9 Å². The van der Waals surface area contributed by atoms with Gasteiger partial charge in [0.15, 0.2) is 5.13 Å². The van der Waals surface area contributed by atoms with E-state index in [2.05, 4.69) is 15.6 Å². The van der Waals surface area contributed by atoms with E-state index in [-0.39, 0.29) is 5.78 Å². The van der Waals surface area contributed by atoms with Crippen LogP contribution in [0.3, 0.4) is 0 Å². The third-order valence-electron chi connectivity index (χ3n) is 3.03. The van der Waals surface area contributed by atoms with E-state index in [0.29, 0.717) is 35.9 Å². The molecule has 6 nitrogen and oxygen atoms in total. The minimum Gasteiger partial charge on any atom is -0.465 e. The average molecular weight is 319 g/mol. The molecule has 116 valence electrons. The van der Waals surface area contributed by atoms with Crippen LogP contribution in [-0.2, 0) is 0 Å². The summed E-state index contributed by atoms with van der Waals surface area (Å²) in [7, 11) is 0. The summed E-state index contributed by atoms with van der Waals surface area (Å²) in [6.07, 6.45) is -0.382. The summed E-state index contributed by atoms with van der Waals surface area (Å²) in [5.74, 6) is -0.0880. The second-order valence-corrected chi connectivity index (χ2v) is 5.55. The van der Waals surface area contributed by atoms with Gasteiger partial charge < -0.3 is 15.7 Å². The van der Waals surface area contributed by atoms with Gasteiger partial charge in [0, 0.05) is 24.0 Å². The van der Waals surface area contributed by atoms with E-state index in [9.17, 15) is 9.59 Å². The molecule has 1 heterocycles. The Balaban J connectivity index is 1.90. The lowest BCUT2D eigenvalue weighted by molar-refractivity contribution is 0.103. The highest BCUT2D eigenvalue weighted by Gasteiger charge is 2.14. The van der Waals surface area contributed by atoms with Crippen molar-refractivity contribution in [1.29, 1.82) is 0 Å². The zero-order valence-electron chi connectivity index (χ0n) is 12.1. The van der Waals surface area contributed by atoms with E-state index in [1.54, 1.807) is 11.4 Å². The largest absolute Gasteiger partial charge is 0.465 e. The Labute approximate surface area is 132 Å². The minimum atomic E-state index is -1.03. The first-order valence-corrected chi connectivity index (χ1v) is 7.72. The van der Waals surface area contributed by atoms with Crippen molar-refractivity contribution in [2.24, 2.45) is 0 Å². The monoisotopic (exact) mass is 319 g/mol. The molecule has 0 saturated heterocycles. The molecule has 3 N–H and O–H groups in total. The third kappa shape index (κ3) is 4.29. The smallest absolute Gasteiger partial charge is 0.404 e. The number of nitrogens with zero attached hydrogens (tertiary/aromatic N) is 1. The molecule has 0 aliphatic rings. The fourth-order valence-electron chi connectivity index (χ4n) is 1.90. The van der Waals surface area contributed by atoms with Crippen LogP contribution >= 0.6 is 11.3 Å². The Morgan fingerprint density at radius 3 is 2.77 bits per heavy atom. The number of hydrogen-bond donors (Lipinski definition) is 3. The van der Waals surface area contributed by atoms with Crippen LogP contribution in [0, 0.1) is 6.92 Å². The van der Waals surface area contributed by atoms with Crippen molar-refractivity contribution in [1.82, 2.24) is 10.3 Å². The van der Waals surface area contributed by atoms with Crippen molar-refractivity contribution >= 4 is 28.3 Å². The van der Waals surface area contributed by atoms with Gasteiger partial charge in [-0.2, -0.15) is 0 Å². The van der Waals surface area contributed by atoms with Crippen molar-refractivity contribution in [3.05, 3.63) is 46.5 Å². The maximum atomic E-state index is 12.4. The standard InChI is InChI=1S/C15H17N3O3S/c1-10-5-2-3-6-11(10)13(19)12-9-22-14(18-12)16-7-4-8-17-15(20)21/h2-3,5-6,9,17H,4,7-8H2,1H3,(H,16,18)(H,20,21). The van der Waals surface area contributed by atoms with E-state index in [0.717, 1.165) is 5.56 Å². The molecule has 1 amide bonds. The fraction of sp³-hybridized carbons (Fsp3) is 0.267. The molecule has 1 aromatic heterocycles. The number of thiazole rings is 1. The van der Waals surface area contributed by atoms with E-state index >= 15 is 0 Å². The lowest BCUT2D eigenvalue weighted by atomic mass is 10.0. The number of rotatable bonds is 7. The second kappa shape index (κ2) is 7.56. The van der Waals surface area contributed by atoms with Gasteiger partial charge in [0.25, 0.3) is 0 Å². The SMILES string of the molecule is Cc1ccccc1C(=O)c1csc(NCCCNC(=O)O)n1. The first-order valence-electron chi connectivity index (χ1n) is 6.84. The van der Waals surface area contributed by atoms with Gasteiger partial charge in [-0.1, -0.05) is 24.3 Å². The number of carbonyl (C=O) groups is 2. The number of anilines is 1. The number of hydrogen-bond acceptors (Lipinski definition) is 5. The van der Waals surface area contributed by atoms with Crippen molar-refractivity contribution in [3.8, 4) is 0 Å². The van der Waals surface area contributed by atoms with Crippen LogP contribution in [-0.4, -0.2) is 35.1 Å². The van der Waals surface area contributed by atoms with Crippen molar-refractivity contribution < 1.29 is 14.7 Å². The molecule has 0 aliphatic carbocycles. The molecule has 2 aromatic rings. The molecule has 2 rings (SSSR count). The van der Waals surface area contributed by atoms with E-state index in [4.69, 9.17) is 5.11 Å². The molecule has 0 fully saturated rings. The van der Waals surface area contributed by atoms with Crippen molar-refractivity contribution in [2.45, 2.75) is 13.3 Å². The molecule has 0 spiro atoms. The number of ketones is 1. The van der Waals surface area contributed by atoms with Crippen LogP contribution in [0.1, 0.15) is 28.0 Å². The Morgan fingerprint density at radius 2 is 2.05 bits per heavy atom. The van der Waals surface area contributed by atoms with Gasteiger partial charge in [0.05, 0.1) is 0 Å². The maximum Gasteiger partial charge on any atom is 0.404 e. The Morgan fingerprint density at radius 1 is 1.27 bits per heavy atom. The highest BCUT2D eigenvalue weighted by atomic mass is 32.1. The highest BCUT2D eigenvalue weighted by molar-refractivity contribution is 7.13.